The molecule has 2 N–H and O–H groups in total. The molecule has 37 heavy (non-hydrogen) atoms. The summed E-state index contributed by atoms with van der Waals surface area (Å²) in [6, 6.07) is 13.6. The van der Waals surface area contributed by atoms with Crippen LogP contribution in [-0.2, 0) is 14.6 Å². The molecule has 10 heteroatoms. The number of aryl methyl sites for hydroxylation is 1. The summed E-state index contributed by atoms with van der Waals surface area (Å²) in [5.41, 5.74) is 11.2. The summed E-state index contributed by atoms with van der Waals surface area (Å²) in [6.07, 6.45) is 7.62. The van der Waals surface area contributed by atoms with Crippen molar-refractivity contribution in [3.8, 4) is 6.26 Å². The number of thiophene rings is 1. The summed E-state index contributed by atoms with van der Waals surface area (Å²) >= 11 is 2.56. The predicted molar refractivity (Wildman–Crippen MR) is 150 cm³/mol. The summed E-state index contributed by atoms with van der Waals surface area (Å²) in [5.74, 6) is -0.942. The molecule has 0 fully saturated rings. The normalized spacial score (nSPS) is 10.6. The van der Waals surface area contributed by atoms with Gasteiger partial charge in [0.15, 0.2) is 9.84 Å². The van der Waals surface area contributed by atoms with Crippen molar-refractivity contribution in [1.82, 2.24) is 4.98 Å². The number of hydrogen-bond acceptors (Lipinski definition) is 9. The van der Waals surface area contributed by atoms with Crippen LogP contribution in [0.4, 0.5) is 5.69 Å². The molecule has 0 atom stereocenters. The zero-order valence-electron chi connectivity index (χ0n) is 20.1. The lowest BCUT2D eigenvalue weighted by molar-refractivity contribution is 0.0686. The number of carbonyl (C=O) groups is 1. The maximum Gasteiger partial charge on any atom is 0.364 e. The first kappa shape index (κ1) is 27.7. The molecule has 188 valence electrons. The van der Waals surface area contributed by atoms with E-state index in [1.54, 1.807) is 17.8 Å². The second-order valence-electron chi connectivity index (χ2n) is 7.64. The van der Waals surface area contributed by atoms with Crippen LogP contribution >= 0.6 is 23.1 Å². The van der Waals surface area contributed by atoms with Crippen LogP contribution in [0.5, 0.6) is 0 Å². The van der Waals surface area contributed by atoms with Gasteiger partial charge in [-0.3, -0.25) is 4.98 Å². The highest BCUT2D eigenvalue weighted by molar-refractivity contribution is 7.99. The summed E-state index contributed by atoms with van der Waals surface area (Å²) in [6.45, 7) is 9.83. The number of nitrogen functional groups attached to an aromatic ring is 1. The van der Waals surface area contributed by atoms with E-state index < -0.39 is 15.8 Å². The van der Waals surface area contributed by atoms with E-state index in [1.807, 2.05) is 24.4 Å². The van der Waals surface area contributed by atoms with Crippen LogP contribution < -0.4 is 5.73 Å². The van der Waals surface area contributed by atoms with E-state index in [9.17, 15) is 13.2 Å². The Morgan fingerprint density at radius 1 is 1.16 bits per heavy atom. The van der Waals surface area contributed by atoms with E-state index in [2.05, 4.69) is 54.1 Å². The summed E-state index contributed by atoms with van der Waals surface area (Å²) in [7, 11) is -3.45. The van der Waals surface area contributed by atoms with Crippen LogP contribution in [0, 0.1) is 18.4 Å². The quantitative estimate of drug-likeness (QED) is 0.168. The zero-order valence-corrected chi connectivity index (χ0v) is 22.5. The number of esters is 1. The lowest BCUT2D eigenvalue weighted by Gasteiger charge is -2.15. The zero-order chi connectivity index (χ0) is 27.2. The van der Waals surface area contributed by atoms with Crippen LogP contribution in [0.1, 0.15) is 26.4 Å². The summed E-state index contributed by atoms with van der Waals surface area (Å²) < 4.78 is 26.3. The minimum Gasteiger partial charge on any atom is -0.397 e. The number of hydrogen-bond donors (Lipinski definition) is 1. The van der Waals surface area contributed by atoms with Gasteiger partial charge in [0.05, 0.1) is 16.1 Å². The SMILES string of the molecule is C=Cc1c(C)cc(Sc2cccc3cccnc23)c(N)c1C=C.CS(=O)(=O)c1ccsc1C(=O)OC#N. The molecule has 0 aliphatic carbocycles. The topological polar surface area (TPSA) is 123 Å². The third-order valence-corrected chi connectivity index (χ3v) is 8.46. The lowest BCUT2D eigenvalue weighted by atomic mass is 10.00. The van der Waals surface area contributed by atoms with Gasteiger partial charge in [0.2, 0.25) is 0 Å². The molecule has 7 nitrogen and oxygen atoms in total. The van der Waals surface area contributed by atoms with Crippen molar-refractivity contribution < 1.29 is 17.9 Å². The molecule has 0 radical (unpaired) electrons. The average Bonchev–Trinajstić information content (AvgIpc) is 3.38. The van der Waals surface area contributed by atoms with E-state index >= 15 is 0 Å². The molecule has 2 aromatic carbocycles. The molecule has 0 aliphatic rings. The van der Waals surface area contributed by atoms with Gasteiger partial charge in [-0.25, -0.2) is 13.2 Å². The van der Waals surface area contributed by atoms with Gasteiger partial charge in [-0.1, -0.05) is 55.3 Å². The van der Waals surface area contributed by atoms with Gasteiger partial charge in [0.25, 0.3) is 6.26 Å². The summed E-state index contributed by atoms with van der Waals surface area (Å²) in [4.78, 5) is 17.5. The maximum absolute atomic E-state index is 11.1. The van der Waals surface area contributed by atoms with E-state index in [0.29, 0.717) is 0 Å². The van der Waals surface area contributed by atoms with Gasteiger partial charge in [-0.15, -0.1) is 16.6 Å². The van der Waals surface area contributed by atoms with E-state index in [4.69, 9.17) is 11.0 Å². The molecule has 0 unspecified atom stereocenters. The Hall–Kier alpha value is -3.91. The fraction of sp³-hybridized carbons (Fsp3) is 0.0741. The van der Waals surface area contributed by atoms with Crippen LogP contribution in [0.2, 0.25) is 0 Å². The second kappa shape index (κ2) is 11.9. The second-order valence-corrected chi connectivity index (χ2v) is 11.6. The molecule has 0 saturated heterocycles. The number of para-hydroxylation sites is 1. The molecule has 0 saturated carbocycles. The molecule has 0 bridgehead atoms. The number of anilines is 1. The minimum absolute atomic E-state index is 0.0750. The molecule has 0 aliphatic heterocycles. The van der Waals surface area contributed by atoms with Gasteiger partial charge in [-0.2, -0.15) is 0 Å². The van der Waals surface area contributed by atoms with E-state index in [-0.39, 0.29) is 9.77 Å². The Labute approximate surface area is 223 Å². The van der Waals surface area contributed by atoms with Crippen LogP contribution in [0.15, 0.2) is 81.9 Å². The molecule has 4 aromatic rings. The monoisotopic (exact) mass is 549 g/mol. The Kier molecular flexibility index (Phi) is 8.89. The molecule has 2 aromatic heterocycles. The van der Waals surface area contributed by atoms with E-state index in [1.165, 1.54) is 17.7 Å². The molecule has 0 spiro atoms. The highest BCUT2D eigenvalue weighted by Gasteiger charge is 2.21. The third kappa shape index (κ3) is 6.27. The molecular formula is C27H23N3O4S3. The average molecular weight is 550 g/mol. The number of rotatable bonds is 6. The molecule has 2 heterocycles. The van der Waals surface area contributed by atoms with Crippen molar-refractivity contribution in [2.24, 2.45) is 0 Å². The van der Waals surface area contributed by atoms with Crippen molar-refractivity contribution >= 4 is 67.6 Å². The van der Waals surface area contributed by atoms with Crippen molar-refractivity contribution in [2.75, 3.05) is 12.0 Å². The van der Waals surface area contributed by atoms with Gasteiger partial charge in [0.1, 0.15) is 4.88 Å². The fourth-order valence-corrected chi connectivity index (χ4v) is 6.71. The Morgan fingerprint density at radius 2 is 1.86 bits per heavy atom. The van der Waals surface area contributed by atoms with E-state index in [0.717, 1.165) is 60.7 Å². The van der Waals surface area contributed by atoms with Gasteiger partial charge in [0, 0.05) is 33.2 Å². The number of aromatic nitrogens is 1. The number of fused-ring (bicyclic) bond motifs is 1. The van der Waals surface area contributed by atoms with Crippen LogP contribution in [-0.4, -0.2) is 25.6 Å². The van der Waals surface area contributed by atoms with Crippen molar-refractivity contribution in [3.63, 3.8) is 0 Å². The minimum atomic E-state index is -3.45. The van der Waals surface area contributed by atoms with Crippen molar-refractivity contribution in [1.29, 1.82) is 5.26 Å². The molecule has 4 rings (SSSR count). The third-order valence-electron chi connectivity index (χ3n) is 5.19. The highest BCUT2D eigenvalue weighted by atomic mass is 32.2. The maximum atomic E-state index is 11.1. The van der Waals surface area contributed by atoms with Gasteiger partial charge in [-0.05, 0) is 47.7 Å². The largest absolute Gasteiger partial charge is 0.397 e. The number of ether oxygens (including phenoxy) is 1. The van der Waals surface area contributed by atoms with Crippen molar-refractivity contribution in [2.45, 2.75) is 21.6 Å². The van der Waals surface area contributed by atoms with Gasteiger partial charge >= 0.3 is 5.97 Å². The number of nitrogens with two attached hydrogens (primary N) is 1. The highest BCUT2D eigenvalue weighted by Crippen LogP contribution is 2.39. The van der Waals surface area contributed by atoms with Gasteiger partial charge < -0.3 is 10.5 Å². The Bertz CT molecular complexity index is 1650. The predicted octanol–water partition coefficient (Wildman–Crippen LogP) is 6.35. The first-order valence-corrected chi connectivity index (χ1v) is 14.3. The first-order valence-electron chi connectivity index (χ1n) is 10.7. The fourth-order valence-electron chi connectivity index (χ4n) is 3.52. The standard InChI is InChI=1S/C20H18N2S.C7H5NO4S2/c1-4-15-13(3)12-18(19(21)16(15)5-2)23-17-10-6-8-14-9-7-11-22-20(14)17;1-14(10,11)5-2-3-13-6(5)7(9)12-4-8/h4-12H,1-2,21H2,3H3;2-3H,1H3. The number of nitrogens with zero attached hydrogens (tertiary/aromatic N) is 2. The van der Waals surface area contributed by atoms with Crippen molar-refractivity contribution in [3.05, 3.63) is 88.8 Å². The molecule has 0 amide bonds. The van der Waals surface area contributed by atoms with Crippen LogP contribution in [0.3, 0.4) is 0 Å². The first-order chi connectivity index (χ1) is 17.6. The number of pyridine rings is 1. The number of sulfone groups is 1. The Morgan fingerprint density at radius 3 is 2.51 bits per heavy atom. The number of benzene rings is 2. The smallest absolute Gasteiger partial charge is 0.364 e. The number of nitriles is 1. The molecular weight excluding hydrogens is 527 g/mol. The summed E-state index contributed by atoms with van der Waals surface area (Å²) in [5, 5.41) is 10.7. The van der Waals surface area contributed by atoms with Crippen LogP contribution in [0.25, 0.3) is 23.1 Å². The lowest BCUT2D eigenvalue weighted by Crippen LogP contribution is -2.05. The Balaban J connectivity index is 0.000000233. The number of carbonyl (C=O) groups excluding carboxylic acids is 1.